The quantitative estimate of drug-likeness (QED) is 0.795. The Kier molecular flexibility index (Phi) is 4.27. The topological polar surface area (TPSA) is 75.8 Å². The number of ether oxygens (including phenoxy) is 1. The fourth-order valence-corrected chi connectivity index (χ4v) is 2.43. The fourth-order valence-electron chi connectivity index (χ4n) is 2.43. The average Bonchev–Trinajstić information content (AvgIpc) is 2.89. The average molecular weight is 264 g/mol. The minimum atomic E-state index is -0.951. The van der Waals surface area contributed by atoms with Crippen molar-refractivity contribution in [1.29, 1.82) is 0 Å². The number of rotatable bonds is 5. The molecule has 1 atom stereocenters. The van der Waals surface area contributed by atoms with Gasteiger partial charge in [0.15, 0.2) is 0 Å². The van der Waals surface area contributed by atoms with Gasteiger partial charge in [-0.25, -0.2) is 4.79 Å². The number of nitrogen functional groups attached to an aromatic ring is 1. The first-order valence-electron chi connectivity index (χ1n) is 6.61. The monoisotopic (exact) mass is 264 g/mol. The van der Waals surface area contributed by atoms with E-state index in [4.69, 9.17) is 10.5 Å². The normalized spacial score (nSPS) is 18.5. The van der Waals surface area contributed by atoms with Gasteiger partial charge in [0, 0.05) is 25.4 Å². The van der Waals surface area contributed by atoms with Crippen molar-refractivity contribution in [2.45, 2.75) is 25.9 Å². The first-order chi connectivity index (χ1) is 9.11. The summed E-state index contributed by atoms with van der Waals surface area (Å²) in [5, 5.41) is 9.28. The van der Waals surface area contributed by atoms with Crippen molar-refractivity contribution in [3.63, 3.8) is 0 Å². The minimum absolute atomic E-state index is 0.194. The van der Waals surface area contributed by atoms with Crippen molar-refractivity contribution in [3.05, 3.63) is 23.8 Å². The van der Waals surface area contributed by atoms with Gasteiger partial charge < -0.3 is 20.5 Å². The summed E-state index contributed by atoms with van der Waals surface area (Å²) < 4.78 is 5.62. The van der Waals surface area contributed by atoms with E-state index in [1.807, 2.05) is 11.8 Å². The molecule has 104 valence electrons. The molecule has 1 fully saturated rings. The van der Waals surface area contributed by atoms with Crippen molar-refractivity contribution in [2.24, 2.45) is 0 Å². The maximum Gasteiger partial charge on any atom is 0.337 e. The van der Waals surface area contributed by atoms with Crippen LogP contribution in [0.3, 0.4) is 0 Å². The Hall–Kier alpha value is -1.75. The fraction of sp³-hybridized carbons (Fsp3) is 0.500. The standard InChI is InChI=1S/C14H20N2O3/c1-2-16(9-11-4-3-7-19-11)13-6-5-10(15)8-12(13)14(17)18/h5-6,8,11H,2-4,7,9,15H2,1H3,(H,17,18). The van der Waals surface area contributed by atoms with Crippen LogP contribution in [0.5, 0.6) is 0 Å². The number of anilines is 2. The molecule has 1 heterocycles. The molecule has 19 heavy (non-hydrogen) atoms. The number of aromatic carboxylic acids is 1. The molecule has 0 aliphatic carbocycles. The SMILES string of the molecule is CCN(CC1CCCO1)c1ccc(N)cc1C(=O)O. The van der Waals surface area contributed by atoms with E-state index >= 15 is 0 Å². The highest BCUT2D eigenvalue weighted by Gasteiger charge is 2.21. The van der Waals surface area contributed by atoms with Gasteiger partial charge >= 0.3 is 5.97 Å². The zero-order valence-corrected chi connectivity index (χ0v) is 11.1. The van der Waals surface area contributed by atoms with Gasteiger partial charge in [0.1, 0.15) is 0 Å². The molecule has 2 rings (SSSR count). The Bertz CT molecular complexity index is 456. The molecule has 1 aromatic carbocycles. The van der Waals surface area contributed by atoms with Crippen molar-refractivity contribution < 1.29 is 14.6 Å². The van der Waals surface area contributed by atoms with Crippen LogP contribution in [0, 0.1) is 0 Å². The lowest BCUT2D eigenvalue weighted by molar-refractivity contribution is 0.0697. The van der Waals surface area contributed by atoms with Gasteiger partial charge in [-0.15, -0.1) is 0 Å². The lowest BCUT2D eigenvalue weighted by atomic mass is 10.1. The highest BCUT2D eigenvalue weighted by Crippen LogP contribution is 2.25. The van der Waals surface area contributed by atoms with Crippen LogP contribution in [0.15, 0.2) is 18.2 Å². The predicted octanol–water partition coefficient (Wildman–Crippen LogP) is 1.97. The summed E-state index contributed by atoms with van der Waals surface area (Å²) in [6.45, 7) is 4.28. The molecule has 0 bridgehead atoms. The van der Waals surface area contributed by atoms with E-state index in [9.17, 15) is 9.90 Å². The number of benzene rings is 1. The molecule has 0 saturated carbocycles. The Morgan fingerprint density at radius 3 is 2.95 bits per heavy atom. The second-order valence-electron chi connectivity index (χ2n) is 4.76. The van der Waals surface area contributed by atoms with Crippen LogP contribution in [-0.2, 0) is 4.74 Å². The molecule has 1 unspecified atom stereocenters. The Morgan fingerprint density at radius 1 is 1.58 bits per heavy atom. The van der Waals surface area contributed by atoms with E-state index in [0.717, 1.165) is 32.5 Å². The van der Waals surface area contributed by atoms with Crippen LogP contribution in [0.1, 0.15) is 30.1 Å². The molecule has 5 nitrogen and oxygen atoms in total. The van der Waals surface area contributed by atoms with Crippen LogP contribution in [0.2, 0.25) is 0 Å². The largest absolute Gasteiger partial charge is 0.478 e. The zero-order valence-electron chi connectivity index (χ0n) is 11.1. The molecule has 0 aromatic heterocycles. The van der Waals surface area contributed by atoms with Crippen molar-refractivity contribution in [3.8, 4) is 0 Å². The molecular formula is C14H20N2O3. The molecule has 0 spiro atoms. The van der Waals surface area contributed by atoms with E-state index < -0.39 is 5.97 Å². The van der Waals surface area contributed by atoms with Gasteiger partial charge in [0.25, 0.3) is 0 Å². The molecule has 0 amide bonds. The number of likely N-dealkylation sites (N-methyl/N-ethyl adjacent to an activating group) is 1. The summed E-state index contributed by atoms with van der Waals surface area (Å²) in [7, 11) is 0. The summed E-state index contributed by atoms with van der Waals surface area (Å²) >= 11 is 0. The lowest BCUT2D eigenvalue weighted by Crippen LogP contribution is -2.33. The minimum Gasteiger partial charge on any atom is -0.478 e. The number of hydrogen-bond donors (Lipinski definition) is 2. The highest BCUT2D eigenvalue weighted by molar-refractivity contribution is 5.95. The van der Waals surface area contributed by atoms with Crippen LogP contribution < -0.4 is 10.6 Å². The molecule has 0 radical (unpaired) electrons. The molecule has 1 aromatic rings. The molecule has 1 aliphatic rings. The number of carbonyl (C=O) groups is 1. The summed E-state index contributed by atoms with van der Waals surface area (Å²) in [6.07, 6.45) is 2.31. The van der Waals surface area contributed by atoms with E-state index in [-0.39, 0.29) is 11.7 Å². The van der Waals surface area contributed by atoms with Crippen molar-refractivity contribution in [1.82, 2.24) is 0 Å². The zero-order chi connectivity index (χ0) is 13.8. The molecule has 3 N–H and O–H groups in total. The van der Waals surface area contributed by atoms with Crippen LogP contribution in [0.25, 0.3) is 0 Å². The van der Waals surface area contributed by atoms with Gasteiger partial charge in [0.05, 0.1) is 17.4 Å². The summed E-state index contributed by atoms with van der Waals surface area (Å²) in [5.41, 5.74) is 7.09. The van der Waals surface area contributed by atoms with Crippen LogP contribution in [0.4, 0.5) is 11.4 Å². The van der Waals surface area contributed by atoms with E-state index in [1.54, 1.807) is 12.1 Å². The van der Waals surface area contributed by atoms with Crippen LogP contribution in [-0.4, -0.2) is 36.9 Å². The maximum atomic E-state index is 11.3. The Balaban J connectivity index is 2.23. The lowest BCUT2D eigenvalue weighted by Gasteiger charge is -2.27. The van der Waals surface area contributed by atoms with E-state index in [2.05, 4.69) is 0 Å². The van der Waals surface area contributed by atoms with Crippen molar-refractivity contribution in [2.75, 3.05) is 30.3 Å². The second kappa shape index (κ2) is 5.93. The third-order valence-corrected chi connectivity index (χ3v) is 3.42. The number of carboxylic acid groups (broad SMARTS) is 1. The van der Waals surface area contributed by atoms with Gasteiger partial charge in [-0.2, -0.15) is 0 Å². The summed E-state index contributed by atoms with van der Waals surface area (Å²) in [6, 6.07) is 5.02. The number of hydrogen-bond acceptors (Lipinski definition) is 4. The highest BCUT2D eigenvalue weighted by atomic mass is 16.5. The second-order valence-corrected chi connectivity index (χ2v) is 4.76. The van der Waals surface area contributed by atoms with Crippen LogP contribution >= 0.6 is 0 Å². The molecule has 1 aliphatic heterocycles. The predicted molar refractivity (Wildman–Crippen MR) is 74.7 cm³/mol. The Morgan fingerprint density at radius 2 is 2.37 bits per heavy atom. The first-order valence-corrected chi connectivity index (χ1v) is 6.61. The smallest absolute Gasteiger partial charge is 0.337 e. The summed E-state index contributed by atoms with van der Waals surface area (Å²) in [5.74, 6) is -0.951. The van der Waals surface area contributed by atoms with Crippen molar-refractivity contribution >= 4 is 17.3 Å². The van der Waals surface area contributed by atoms with Gasteiger partial charge in [-0.05, 0) is 38.0 Å². The number of nitrogens with zero attached hydrogens (tertiary/aromatic N) is 1. The third kappa shape index (κ3) is 3.17. The molecular weight excluding hydrogens is 244 g/mol. The van der Waals surface area contributed by atoms with E-state index in [0.29, 0.717) is 11.4 Å². The van der Waals surface area contributed by atoms with Gasteiger partial charge in [-0.3, -0.25) is 0 Å². The molecule has 1 saturated heterocycles. The third-order valence-electron chi connectivity index (χ3n) is 3.42. The first kappa shape index (κ1) is 13.7. The molecule has 5 heteroatoms. The summed E-state index contributed by atoms with van der Waals surface area (Å²) in [4.78, 5) is 13.4. The number of nitrogens with two attached hydrogens (primary N) is 1. The maximum absolute atomic E-state index is 11.3. The van der Waals surface area contributed by atoms with E-state index in [1.165, 1.54) is 6.07 Å². The Labute approximate surface area is 113 Å². The van der Waals surface area contributed by atoms with Gasteiger partial charge in [0.2, 0.25) is 0 Å². The number of carboxylic acids is 1. The van der Waals surface area contributed by atoms with Gasteiger partial charge in [-0.1, -0.05) is 0 Å².